The molecule has 3 unspecified atom stereocenters. The Morgan fingerprint density at radius 2 is 1.90 bits per heavy atom. The smallest absolute Gasteiger partial charge is 0.103 e. The van der Waals surface area contributed by atoms with Crippen LogP contribution >= 0.6 is 11.6 Å². The van der Waals surface area contributed by atoms with Crippen molar-refractivity contribution in [2.24, 2.45) is 0 Å². The van der Waals surface area contributed by atoms with Crippen molar-refractivity contribution in [3.05, 3.63) is 34.3 Å². The van der Waals surface area contributed by atoms with E-state index >= 15 is 0 Å². The maximum absolute atomic E-state index is 9.78. The Hall–Kier alpha value is -0.650. The van der Waals surface area contributed by atoms with Crippen molar-refractivity contribution in [2.75, 3.05) is 13.7 Å². The summed E-state index contributed by atoms with van der Waals surface area (Å²) >= 11 is 5.96. The van der Waals surface area contributed by atoms with E-state index in [-0.39, 0.29) is 20.0 Å². The molecule has 0 saturated heterocycles. The molecular weight excluding hydrogens is 280 g/mol. The van der Waals surface area contributed by atoms with Crippen molar-refractivity contribution in [3.63, 3.8) is 0 Å². The molecule has 0 radical (unpaired) electrons. The largest absolute Gasteiger partial charge is 0.394 e. The van der Waals surface area contributed by atoms with Crippen molar-refractivity contribution < 1.29 is 20.1 Å². The van der Waals surface area contributed by atoms with E-state index < -0.39 is 18.8 Å². The average Bonchev–Trinajstić information content (AvgIpc) is 2.43. The lowest BCUT2D eigenvalue weighted by atomic mass is 9.95. The van der Waals surface area contributed by atoms with Crippen LogP contribution in [-0.2, 0) is 11.2 Å². The van der Waals surface area contributed by atoms with Gasteiger partial charge < -0.3 is 20.1 Å². The minimum Gasteiger partial charge on any atom is -0.394 e. The zero-order valence-corrected chi connectivity index (χ0v) is 12.0. The van der Waals surface area contributed by atoms with Crippen LogP contribution in [0.5, 0.6) is 0 Å². The fourth-order valence-corrected chi connectivity index (χ4v) is 2.24. The van der Waals surface area contributed by atoms with Crippen LogP contribution in [0, 0.1) is 0 Å². The number of hydrogen-bond acceptors (Lipinski definition) is 4. The van der Waals surface area contributed by atoms with Gasteiger partial charge in [0.25, 0.3) is 0 Å². The molecule has 0 aromatic heterocycles. The van der Waals surface area contributed by atoms with Crippen LogP contribution in [-0.4, -0.2) is 41.2 Å². The molecule has 0 aliphatic heterocycles. The molecule has 1 aromatic carbocycles. The number of methoxy groups -OCH3 is 1. The van der Waals surface area contributed by atoms with Gasteiger partial charge in [0, 0.05) is 18.6 Å². The second kappa shape index (κ2) is 9.32. The van der Waals surface area contributed by atoms with Gasteiger partial charge in [-0.05, 0) is 29.7 Å². The number of aliphatic hydroxyl groups excluding tert-OH is 3. The van der Waals surface area contributed by atoms with Gasteiger partial charge in [-0.3, -0.25) is 0 Å². The van der Waals surface area contributed by atoms with Gasteiger partial charge in [0.2, 0.25) is 0 Å². The zero-order valence-electron chi connectivity index (χ0n) is 11.2. The minimum absolute atomic E-state index is 0. The number of aliphatic hydroxyl groups is 3. The van der Waals surface area contributed by atoms with Gasteiger partial charge in [0.05, 0.1) is 18.8 Å². The first-order valence-corrected chi connectivity index (χ1v) is 6.69. The van der Waals surface area contributed by atoms with E-state index in [1.54, 1.807) is 13.2 Å². The highest BCUT2D eigenvalue weighted by atomic mass is 35.5. The summed E-state index contributed by atoms with van der Waals surface area (Å²) in [7, 11) is 1.55. The molecule has 0 fully saturated rings. The predicted molar refractivity (Wildman–Crippen MR) is 81.0 cm³/mol. The average molecular weight is 305 g/mol. The highest BCUT2D eigenvalue weighted by molar-refractivity contribution is 6.30. The van der Waals surface area contributed by atoms with E-state index in [1.165, 1.54) is 0 Å². The van der Waals surface area contributed by atoms with E-state index in [9.17, 15) is 10.2 Å². The van der Waals surface area contributed by atoms with Crippen LogP contribution in [0.15, 0.2) is 18.2 Å². The third-order valence-electron chi connectivity index (χ3n) is 3.20. The van der Waals surface area contributed by atoms with Gasteiger partial charge in [-0.1, -0.05) is 32.0 Å². The standard InChI is InChI=1S/C14H21ClO4.CH4/c1-3-9-6-10(15)4-5-11(9)14(19-2)7-12(17)13(18)8-16;/h4-6,12-14,16-18H,3,7-8H2,1-2H3;1H4. The van der Waals surface area contributed by atoms with E-state index in [4.69, 9.17) is 21.4 Å². The van der Waals surface area contributed by atoms with Gasteiger partial charge in [0.1, 0.15) is 6.10 Å². The van der Waals surface area contributed by atoms with E-state index in [1.807, 2.05) is 19.1 Å². The van der Waals surface area contributed by atoms with Crippen molar-refractivity contribution in [2.45, 2.75) is 45.5 Å². The molecule has 0 amide bonds. The number of ether oxygens (including phenoxy) is 1. The van der Waals surface area contributed by atoms with Crippen LogP contribution in [0.4, 0.5) is 0 Å². The molecule has 4 nitrogen and oxygen atoms in total. The zero-order chi connectivity index (χ0) is 14.4. The van der Waals surface area contributed by atoms with Crippen molar-refractivity contribution in [1.82, 2.24) is 0 Å². The third-order valence-corrected chi connectivity index (χ3v) is 3.44. The molecule has 0 spiro atoms. The van der Waals surface area contributed by atoms with Gasteiger partial charge in [-0.2, -0.15) is 0 Å². The van der Waals surface area contributed by atoms with Gasteiger partial charge in [0.15, 0.2) is 0 Å². The molecular formula is C15H25ClO4. The van der Waals surface area contributed by atoms with Gasteiger partial charge >= 0.3 is 0 Å². The molecule has 3 N–H and O–H groups in total. The van der Waals surface area contributed by atoms with Crippen molar-refractivity contribution >= 4 is 11.6 Å². The quantitative estimate of drug-likeness (QED) is 0.723. The normalized spacial score (nSPS) is 15.3. The Labute approximate surface area is 126 Å². The Morgan fingerprint density at radius 1 is 1.25 bits per heavy atom. The second-order valence-electron chi connectivity index (χ2n) is 4.47. The maximum Gasteiger partial charge on any atom is 0.103 e. The SMILES string of the molecule is C.CCc1cc(Cl)ccc1C(CC(O)C(O)CO)OC. The van der Waals surface area contributed by atoms with Gasteiger partial charge in [-0.15, -0.1) is 0 Å². The molecule has 0 heterocycles. The predicted octanol–water partition coefficient (Wildman–Crippen LogP) is 2.33. The number of halogens is 1. The third kappa shape index (κ3) is 5.04. The van der Waals surface area contributed by atoms with Crippen LogP contribution in [0.3, 0.4) is 0 Å². The molecule has 1 aromatic rings. The molecule has 0 saturated carbocycles. The number of hydrogen-bond donors (Lipinski definition) is 3. The minimum atomic E-state index is -1.16. The number of aryl methyl sites for hydroxylation is 1. The van der Waals surface area contributed by atoms with Crippen molar-refractivity contribution in [3.8, 4) is 0 Å². The lowest BCUT2D eigenvalue weighted by Crippen LogP contribution is -2.31. The maximum atomic E-state index is 9.78. The molecule has 0 aliphatic carbocycles. The van der Waals surface area contributed by atoms with Crippen LogP contribution in [0.25, 0.3) is 0 Å². The summed E-state index contributed by atoms with van der Waals surface area (Å²) in [6.45, 7) is 1.54. The Balaban J connectivity index is 0.00000361. The lowest BCUT2D eigenvalue weighted by molar-refractivity contribution is -0.0440. The highest BCUT2D eigenvalue weighted by Gasteiger charge is 2.23. The molecule has 20 heavy (non-hydrogen) atoms. The second-order valence-corrected chi connectivity index (χ2v) is 4.91. The van der Waals surface area contributed by atoms with Crippen LogP contribution < -0.4 is 0 Å². The Morgan fingerprint density at radius 3 is 2.40 bits per heavy atom. The Bertz CT molecular complexity index is 397. The van der Waals surface area contributed by atoms with Crippen molar-refractivity contribution in [1.29, 1.82) is 0 Å². The van der Waals surface area contributed by atoms with Gasteiger partial charge in [-0.25, -0.2) is 0 Å². The summed E-state index contributed by atoms with van der Waals surface area (Å²) in [6, 6.07) is 5.52. The Kier molecular flexibility index (Phi) is 9.01. The van der Waals surface area contributed by atoms with E-state index in [2.05, 4.69) is 0 Å². The number of benzene rings is 1. The first kappa shape index (κ1) is 19.4. The highest BCUT2D eigenvalue weighted by Crippen LogP contribution is 2.28. The van der Waals surface area contributed by atoms with Crippen LogP contribution in [0.2, 0.25) is 5.02 Å². The monoisotopic (exact) mass is 304 g/mol. The lowest BCUT2D eigenvalue weighted by Gasteiger charge is -2.24. The van der Waals surface area contributed by atoms with E-state index in [0.29, 0.717) is 5.02 Å². The number of rotatable bonds is 7. The first-order chi connectivity index (χ1) is 9.03. The summed E-state index contributed by atoms with van der Waals surface area (Å²) in [6.07, 6.45) is -1.52. The fourth-order valence-electron chi connectivity index (χ4n) is 2.04. The molecule has 3 atom stereocenters. The molecule has 1 rings (SSSR count). The molecule has 0 bridgehead atoms. The van der Waals surface area contributed by atoms with E-state index in [0.717, 1.165) is 17.5 Å². The summed E-state index contributed by atoms with van der Waals surface area (Å²) < 4.78 is 5.39. The molecule has 116 valence electrons. The summed E-state index contributed by atoms with van der Waals surface area (Å²) in [4.78, 5) is 0. The first-order valence-electron chi connectivity index (χ1n) is 6.31. The van der Waals surface area contributed by atoms with Crippen LogP contribution in [0.1, 0.15) is 38.0 Å². The summed E-state index contributed by atoms with van der Waals surface area (Å²) in [5.74, 6) is 0. The summed E-state index contributed by atoms with van der Waals surface area (Å²) in [5, 5.41) is 28.7. The molecule has 0 aliphatic rings. The topological polar surface area (TPSA) is 69.9 Å². The molecule has 5 heteroatoms. The summed E-state index contributed by atoms with van der Waals surface area (Å²) in [5.41, 5.74) is 1.99. The fraction of sp³-hybridized carbons (Fsp3) is 0.600.